The molecule has 0 bridgehead atoms. The molecule has 0 saturated carbocycles. The van der Waals surface area contributed by atoms with Gasteiger partial charge in [0.25, 0.3) is 5.91 Å². The van der Waals surface area contributed by atoms with Gasteiger partial charge >= 0.3 is 5.97 Å². The summed E-state index contributed by atoms with van der Waals surface area (Å²) in [5.74, 6) is 4.86. The zero-order chi connectivity index (χ0) is 11.4. The molecule has 0 unspecified atom stereocenters. The minimum absolute atomic E-state index is 0.124. The van der Waals surface area contributed by atoms with Gasteiger partial charge in [-0.15, -0.1) is 5.06 Å². The predicted octanol–water partition coefficient (Wildman–Crippen LogP) is 0.375. The Morgan fingerprint density at radius 1 is 1.25 bits per heavy atom. The van der Waals surface area contributed by atoms with Crippen LogP contribution in [0.1, 0.15) is 19.3 Å². The number of hydrogen-bond acceptors (Lipinski definition) is 4. The van der Waals surface area contributed by atoms with Crippen LogP contribution in [0.2, 0.25) is 0 Å². The molecule has 2 aliphatic rings. The van der Waals surface area contributed by atoms with Crippen molar-refractivity contribution in [3.05, 3.63) is 11.8 Å². The first-order valence-electron chi connectivity index (χ1n) is 5.06. The van der Waals surface area contributed by atoms with Crippen LogP contribution in [-0.2, 0) is 19.2 Å². The van der Waals surface area contributed by atoms with Crippen molar-refractivity contribution in [1.82, 2.24) is 5.06 Å². The maximum atomic E-state index is 11.4. The standard InChI is InChI=1S/C11H11NO4/c13-10-5-4-9-3-1-2-7-15-8-6-11(14)16-12(9)10/h3H,4-8H2/b9-3-. The first kappa shape index (κ1) is 10.7. The summed E-state index contributed by atoms with van der Waals surface area (Å²) in [4.78, 5) is 27.7. The van der Waals surface area contributed by atoms with Gasteiger partial charge in [0, 0.05) is 18.9 Å². The third-order valence-corrected chi connectivity index (χ3v) is 2.24. The van der Waals surface area contributed by atoms with Gasteiger partial charge in [-0.3, -0.25) is 4.79 Å². The fraction of sp³-hybridized carbons (Fsp3) is 0.455. The van der Waals surface area contributed by atoms with E-state index in [9.17, 15) is 9.59 Å². The molecule has 0 aromatic rings. The van der Waals surface area contributed by atoms with Gasteiger partial charge in [-0.05, 0) is 0 Å². The highest BCUT2D eigenvalue weighted by molar-refractivity contribution is 5.82. The second-order valence-corrected chi connectivity index (χ2v) is 3.41. The van der Waals surface area contributed by atoms with E-state index in [1.54, 1.807) is 6.08 Å². The molecule has 16 heavy (non-hydrogen) atoms. The molecule has 0 spiro atoms. The van der Waals surface area contributed by atoms with E-state index in [4.69, 9.17) is 9.57 Å². The molecule has 0 aliphatic carbocycles. The summed E-state index contributed by atoms with van der Waals surface area (Å²) < 4.78 is 5.08. The highest BCUT2D eigenvalue weighted by atomic mass is 16.7. The Morgan fingerprint density at radius 2 is 2.12 bits per heavy atom. The SMILES string of the molecule is O=C1CCOCC#C/C=C2/CCC(=O)N2O1. The summed E-state index contributed by atoms with van der Waals surface area (Å²) in [6.45, 7) is 0.538. The van der Waals surface area contributed by atoms with Gasteiger partial charge in [0.05, 0.1) is 18.7 Å². The van der Waals surface area contributed by atoms with Crippen LogP contribution in [0, 0.1) is 11.8 Å². The number of rotatable bonds is 0. The van der Waals surface area contributed by atoms with Crippen molar-refractivity contribution in [2.75, 3.05) is 13.2 Å². The summed E-state index contributed by atoms with van der Waals surface area (Å²) in [7, 11) is 0. The number of ether oxygens (including phenoxy) is 1. The van der Waals surface area contributed by atoms with Crippen molar-refractivity contribution >= 4 is 11.9 Å². The predicted molar refractivity (Wildman–Crippen MR) is 53.5 cm³/mol. The molecule has 2 heterocycles. The number of hydrogen-bond donors (Lipinski definition) is 0. The van der Waals surface area contributed by atoms with E-state index in [1.807, 2.05) is 0 Å². The average Bonchev–Trinajstić information content (AvgIpc) is 2.58. The monoisotopic (exact) mass is 221 g/mol. The van der Waals surface area contributed by atoms with Crippen LogP contribution in [0.5, 0.6) is 0 Å². The first-order valence-corrected chi connectivity index (χ1v) is 5.06. The van der Waals surface area contributed by atoms with Crippen molar-refractivity contribution in [2.24, 2.45) is 0 Å². The third-order valence-electron chi connectivity index (χ3n) is 2.24. The van der Waals surface area contributed by atoms with Crippen LogP contribution < -0.4 is 0 Å². The van der Waals surface area contributed by atoms with E-state index < -0.39 is 5.97 Å². The molecular weight excluding hydrogens is 210 g/mol. The lowest BCUT2D eigenvalue weighted by molar-refractivity contribution is -0.187. The van der Waals surface area contributed by atoms with Gasteiger partial charge in [-0.25, -0.2) is 4.79 Å². The molecule has 5 nitrogen and oxygen atoms in total. The average molecular weight is 221 g/mol. The Kier molecular flexibility index (Phi) is 3.22. The Labute approximate surface area is 93.0 Å². The maximum Gasteiger partial charge on any atom is 0.335 e. The number of nitrogens with zero attached hydrogens (tertiary/aromatic N) is 1. The topological polar surface area (TPSA) is 55.8 Å². The normalized spacial score (nSPS) is 24.5. The van der Waals surface area contributed by atoms with Crippen molar-refractivity contribution in [1.29, 1.82) is 0 Å². The molecule has 1 amide bonds. The molecule has 2 aliphatic heterocycles. The molecule has 0 aromatic carbocycles. The second kappa shape index (κ2) is 4.81. The largest absolute Gasteiger partial charge is 0.368 e. The van der Waals surface area contributed by atoms with Crippen LogP contribution in [0.25, 0.3) is 0 Å². The van der Waals surface area contributed by atoms with E-state index in [0.29, 0.717) is 18.5 Å². The van der Waals surface area contributed by atoms with E-state index in [2.05, 4.69) is 11.8 Å². The van der Waals surface area contributed by atoms with Crippen molar-refractivity contribution in [2.45, 2.75) is 19.3 Å². The summed E-state index contributed by atoms with van der Waals surface area (Å²) in [5, 5.41) is 1.04. The van der Waals surface area contributed by atoms with Crippen molar-refractivity contribution in [3.63, 3.8) is 0 Å². The van der Waals surface area contributed by atoms with E-state index >= 15 is 0 Å². The summed E-state index contributed by atoms with van der Waals surface area (Å²) in [6, 6.07) is 0. The van der Waals surface area contributed by atoms with E-state index in [0.717, 1.165) is 5.06 Å². The van der Waals surface area contributed by atoms with Crippen molar-refractivity contribution in [3.8, 4) is 11.8 Å². The number of carbonyl (C=O) groups excluding carboxylic acids is 2. The zero-order valence-electron chi connectivity index (χ0n) is 8.69. The highest BCUT2D eigenvalue weighted by Crippen LogP contribution is 2.22. The van der Waals surface area contributed by atoms with Gasteiger partial charge in [0.2, 0.25) is 0 Å². The fourth-order valence-corrected chi connectivity index (χ4v) is 1.44. The van der Waals surface area contributed by atoms with Gasteiger partial charge in [0.1, 0.15) is 6.61 Å². The van der Waals surface area contributed by atoms with Crippen molar-refractivity contribution < 1.29 is 19.2 Å². The van der Waals surface area contributed by atoms with Crippen LogP contribution in [-0.4, -0.2) is 30.2 Å². The van der Waals surface area contributed by atoms with Crippen LogP contribution in [0.3, 0.4) is 0 Å². The molecule has 0 atom stereocenters. The quantitative estimate of drug-likeness (QED) is 0.555. The highest BCUT2D eigenvalue weighted by Gasteiger charge is 2.29. The summed E-state index contributed by atoms with van der Waals surface area (Å²) in [5.41, 5.74) is 0.632. The lowest BCUT2D eigenvalue weighted by Crippen LogP contribution is -2.27. The number of hydroxylamine groups is 2. The van der Waals surface area contributed by atoms with Gasteiger partial charge in [0.15, 0.2) is 0 Å². The van der Waals surface area contributed by atoms with Gasteiger partial charge < -0.3 is 9.57 Å². The Bertz CT molecular complexity index is 402. The molecule has 84 valence electrons. The minimum Gasteiger partial charge on any atom is -0.368 e. The summed E-state index contributed by atoms with van der Waals surface area (Å²) >= 11 is 0. The van der Waals surface area contributed by atoms with E-state index in [-0.39, 0.29) is 25.5 Å². The molecule has 0 N–H and O–H groups in total. The number of allylic oxidation sites excluding steroid dienone is 2. The Morgan fingerprint density at radius 3 is 3.00 bits per heavy atom. The number of fused-ring (bicyclic) bond motifs is 1. The van der Waals surface area contributed by atoms with Crippen LogP contribution >= 0.6 is 0 Å². The molecule has 0 aromatic heterocycles. The smallest absolute Gasteiger partial charge is 0.335 e. The fourth-order valence-electron chi connectivity index (χ4n) is 1.44. The lowest BCUT2D eigenvalue weighted by Gasteiger charge is -2.15. The minimum atomic E-state index is -0.469. The summed E-state index contributed by atoms with van der Waals surface area (Å²) in [6.07, 6.45) is 2.63. The third kappa shape index (κ3) is 2.41. The Hall–Kier alpha value is -1.80. The second-order valence-electron chi connectivity index (χ2n) is 3.41. The molecule has 1 saturated heterocycles. The molecule has 0 radical (unpaired) electrons. The molecular formula is C11H11NO4. The van der Waals surface area contributed by atoms with Crippen LogP contribution in [0.15, 0.2) is 11.8 Å². The molecule has 5 heteroatoms. The molecule has 2 rings (SSSR count). The van der Waals surface area contributed by atoms with Gasteiger partial charge in [-0.1, -0.05) is 11.8 Å². The first-order chi connectivity index (χ1) is 7.77. The maximum absolute atomic E-state index is 11.4. The van der Waals surface area contributed by atoms with E-state index in [1.165, 1.54) is 0 Å². The number of amides is 1. The van der Waals surface area contributed by atoms with Crippen LogP contribution in [0.4, 0.5) is 0 Å². The zero-order valence-corrected chi connectivity index (χ0v) is 8.69. The lowest BCUT2D eigenvalue weighted by atomic mass is 10.3. The van der Waals surface area contributed by atoms with Gasteiger partial charge in [-0.2, -0.15) is 0 Å². The molecule has 1 fully saturated rings. The Balaban J connectivity index is 2.19. The number of carbonyl (C=O) groups is 2.